The van der Waals surface area contributed by atoms with Gasteiger partial charge in [0.05, 0.1) is 12.4 Å². The third-order valence-electron chi connectivity index (χ3n) is 1.69. The van der Waals surface area contributed by atoms with Crippen LogP contribution in [-0.4, -0.2) is 20.1 Å². The molecule has 6 heteroatoms. The van der Waals surface area contributed by atoms with Crippen LogP contribution in [0.1, 0.15) is 17.6 Å². The Labute approximate surface area is 74.2 Å². The lowest BCUT2D eigenvalue weighted by molar-refractivity contribution is 0.353. The Bertz CT molecular complexity index is 341. The summed E-state index contributed by atoms with van der Waals surface area (Å²) < 4.78 is 4.82. The van der Waals surface area contributed by atoms with Crippen LogP contribution >= 0.6 is 0 Å². The first-order valence-electron chi connectivity index (χ1n) is 3.85. The number of aromatic amines is 1. The number of nitrogens with two attached hydrogens (primary N) is 1. The van der Waals surface area contributed by atoms with Gasteiger partial charge in [-0.3, -0.25) is 0 Å². The number of nitrogens with zero attached hydrogens (tertiary/aromatic N) is 3. The number of hydrogen-bond donors (Lipinski definition) is 2. The van der Waals surface area contributed by atoms with Crippen LogP contribution in [0.5, 0.6) is 0 Å². The fraction of sp³-hybridized carbons (Fsp3) is 0.286. The van der Waals surface area contributed by atoms with Crippen molar-refractivity contribution in [2.75, 3.05) is 0 Å². The SMILES string of the molecule is N[C@H](Cc1cnc[nH]1)c1ncno1. The standard InChI is InChI=1S/C7H9N5O/c8-6(7-11-4-12-13-7)1-5-2-9-3-10-5/h2-4,6H,1,8H2,(H,9,10)/t6-/m1/s1. The first-order chi connectivity index (χ1) is 6.36. The van der Waals surface area contributed by atoms with Crippen molar-refractivity contribution in [1.29, 1.82) is 0 Å². The van der Waals surface area contributed by atoms with E-state index < -0.39 is 0 Å². The van der Waals surface area contributed by atoms with E-state index in [1.54, 1.807) is 12.5 Å². The van der Waals surface area contributed by atoms with Crippen LogP contribution in [0, 0.1) is 0 Å². The molecular weight excluding hydrogens is 170 g/mol. The topological polar surface area (TPSA) is 93.6 Å². The summed E-state index contributed by atoms with van der Waals surface area (Å²) in [6.07, 6.45) is 5.27. The maximum absolute atomic E-state index is 5.79. The van der Waals surface area contributed by atoms with Crippen molar-refractivity contribution >= 4 is 0 Å². The van der Waals surface area contributed by atoms with E-state index in [9.17, 15) is 0 Å². The maximum atomic E-state index is 5.79. The van der Waals surface area contributed by atoms with Gasteiger partial charge in [0.2, 0.25) is 5.89 Å². The van der Waals surface area contributed by atoms with Gasteiger partial charge >= 0.3 is 0 Å². The number of nitrogens with one attached hydrogen (secondary N) is 1. The summed E-state index contributed by atoms with van der Waals surface area (Å²) in [4.78, 5) is 10.7. The molecule has 0 radical (unpaired) electrons. The average molecular weight is 179 g/mol. The zero-order valence-corrected chi connectivity index (χ0v) is 6.84. The molecule has 2 aromatic rings. The minimum absolute atomic E-state index is 0.275. The van der Waals surface area contributed by atoms with E-state index in [0.717, 1.165) is 5.69 Å². The molecule has 0 aromatic carbocycles. The largest absolute Gasteiger partial charge is 0.348 e. The van der Waals surface area contributed by atoms with E-state index in [0.29, 0.717) is 12.3 Å². The number of imidazole rings is 1. The van der Waals surface area contributed by atoms with Crippen LogP contribution in [0.25, 0.3) is 0 Å². The smallest absolute Gasteiger partial charge is 0.243 e. The first kappa shape index (κ1) is 7.93. The molecule has 0 spiro atoms. The summed E-state index contributed by atoms with van der Waals surface area (Å²) in [5.41, 5.74) is 6.74. The Kier molecular flexibility index (Phi) is 2.05. The normalized spacial score (nSPS) is 13.0. The van der Waals surface area contributed by atoms with Gasteiger partial charge in [-0.1, -0.05) is 5.16 Å². The van der Waals surface area contributed by atoms with Crippen molar-refractivity contribution in [2.45, 2.75) is 12.5 Å². The molecule has 0 aliphatic heterocycles. The molecule has 2 rings (SSSR count). The van der Waals surface area contributed by atoms with Crippen LogP contribution < -0.4 is 5.73 Å². The second kappa shape index (κ2) is 3.36. The minimum atomic E-state index is -0.275. The third kappa shape index (κ3) is 1.73. The summed E-state index contributed by atoms with van der Waals surface area (Å²) in [5, 5.41) is 3.48. The minimum Gasteiger partial charge on any atom is -0.348 e. The van der Waals surface area contributed by atoms with Gasteiger partial charge < -0.3 is 15.2 Å². The highest BCUT2D eigenvalue weighted by Gasteiger charge is 2.12. The molecule has 0 aliphatic rings. The predicted octanol–water partition coefficient (Wildman–Crippen LogP) is 0.0352. The van der Waals surface area contributed by atoms with E-state index in [4.69, 9.17) is 10.3 Å². The molecule has 13 heavy (non-hydrogen) atoms. The lowest BCUT2D eigenvalue weighted by atomic mass is 10.2. The second-order valence-corrected chi connectivity index (χ2v) is 2.67. The molecule has 0 fully saturated rings. The Morgan fingerprint density at radius 2 is 2.54 bits per heavy atom. The van der Waals surface area contributed by atoms with Crippen LogP contribution in [0.15, 0.2) is 23.4 Å². The molecule has 0 bridgehead atoms. The molecule has 0 saturated heterocycles. The molecule has 2 heterocycles. The first-order valence-corrected chi connectivity index (χ1v) is 3.85. The van der Waals surface area contributed by atoms with Gasteiger partial charge in [0, 0.05) is 18.3 Å². The molecule has 6 nitrogen and oxygen atoms in total. The molecule has 3 N–H and O–H groups in total. The molecule has 0 amide bonds. The average Bonchev–Trinajstić information content (AvgIpc) is 2.74. The number of H-pyrrole nitrogens is 1. The fourth-order valence-electron chi connectivity index (χ4n) is 1.07. The molecular formula is C7H9N5O. The van der Waals surface area contributed by atoms with Crippen LogP contribution in [-0.2, 0) is 6.42 Å². The monoisotopic (exact) mass is 179 g/mol. The zero-order chi connectivity index (χ0) is 9.10. The number of aromatic nitrogens is 4. The van der Waals surface area contributed by atoms with E-state index in [-0.39, 0.29) is 6.04 Å². The van der Waals surface area contributed by atoms with Gasteiger partial charge in [-0.05, 0) is 0 Å². The molecule has 68 valence electrons. The Balaban J connectivity index is 2.04. The Hall–Kier alpha value is -1.69. The molecule has 0 saturated carbocycles. The summed E-state index contributed by atoms with van der Waals surface area (Å²) in [6.45, 7) is 0. The predicted molar refractivity (Wildman–Crippen MR) is 43.5 cm³/mol. The lowest BCUT2D eigenvalue weighted by Gasteiger charge is -2.03. The van der Waals surface area contributed by atoms with Gasteiger partial charge in [0.1, 0.15) is 0 Å². The van der Waals surface area contributed by atoms with Crippen LogP contribution in [0.3, 0.4) is 0 Å². The van der Waals surface area contributed by atoms with Crippen LogP contribution in [0.2, 0.25) is 0 Å². The molecule has 1 atom stereocenters. The van der Waals surface area contributed by atoms with Crippen molar-refractivity contribution in [3.63, 3.8) is 0 Å². The fourth-order valence-corrected chi connectivity index (χ4v) is 1.07. The summed E-state index contributed by atoms with van der Waals surface area (Å²) in [5.74, 6) is 0.439. The van der Waals surface area contributed by atoms with Crippen molar-refractivity contribution < 1.29 is 4.52 Å². The van der Waals surface area contributed by atoms with E-state index in [2.05, 4.69) is 20.1 Å². The molecule has 0 aliphatic carbocycles. The Morgan fingerprint density at radius 3 is 3.15 bits per heavy atom. The third-order valence-corrected chi connectivity index (χ3v) is 1.69. The van der Waals surface area contributed by atoms with Crippen molar-refractivity contribution in [1.82, 2.24) is 20.1 Å². The van der Waals surface area contributed by atoms with Crippen molar-refractivity contribution in [2.24, 2.45) is 5.73 Å². The summed E-state index contributed by atoms with van der Waals surface area (Å²) >= 11 is 0. The summed E-state index contributed by atoms with van der Waals surface area (Å²) in [7, 11) is 0. The van der Waals surface area contributed by atoms with Gasteiger partial charge in [-0.15, -0.1) is 0 Å². The maximum Gasteiger partial charge on any atom is 0.243 e. The van der Waals surface area contributed by atoms with E-state index >= 15 is 0 Å². The number of rotatable bonds is 3. The Morgan fingerprint density at radius 1 is 1.62 bits per heavy atom. The van der Waals surface area contributed by atoms with Gasteiger partial charge in [-0.2, -0.15) is 4.98 Å². The highest BCUT2D eigenvalue weighted by Crippen LogP contribution is 2.10. The van der Waals surface area contributed by atoms with Crippen molar-refractivity contribution in [3.05, 3.63) is 30.4 Å². The van der Waals surface area contributed by atoms with Crippen molar-refractivity contribution in [3.8, 4) is 0 Å². The van der Waals surface area contributed by atoms with Gasteiger partial charge in [0.25, 0.3) is 0 Å². The van der Waals surface area contributed by atoms with Gasteiger partial charge in [-0.25, -0.2) is 4.98 Å². The zero-order valence-electron chi connectivity index (χ0n) is 6.84. The molecule has 2 aromatic heterocycles. The van der Waals surface area contributed by atoms with Crippen LogP contribution in [0.4, 0.5) is 0 Å². The highest BCUT2D eigenvalue weighted by atomic mass is 16.5. The number of hydrogen-bond acceptors (Lipinski definition) is 5. The van der Waals surface area contributed by atoms with E-state index in [1.165, 1.54) is 6.33 Å². The highest BCUT2D eigenvalue weighted by molar-refractivity contribution is 5.00. The van der Waals surface area contributed by atoms with Gasteiger partial charge in [0.15, 0.2) is 6.33 Å². The quantitative estimate of drug-likeness (QED) is 0.693. The molecule has 0 unspecified atom stereocenters. The lowest BCUT2D eigenvalue weighted by Crippen LogP contribution is -2.13. The van der Waals surface area contributed by atoms with E-state index in [1.807, 2.05) is 0 Å². The second-order valence-electron chi connectivity index (χ2n) is 2.67. The summed E-state index contributed by atoms with van der Waals surface area (Å²) in [6, 6.07) is -0.275.